The van der Waals surface area contributed by atoms with E-state index in [0.29, 0.717) is 41.2 Å². The number of phenolic OH excluding ortho intramolecular Hbond substituents is 3. The van der Waals surface area contributed by atoms with Crippen molar-refractivity contribution in [1.29, 1.82) is 0 Å². The standard InChI is InChI=1S/C25H24O7/c1-30-22-8-4-14(9-24(22)31-2)3-5-16-10-18-17(15-6-7-19(26)21(28)11-15)12-25(29)32-23(18)13-20(16)27/h4,6-11,13,17,26-28H,3,5,12H2,1-2H3/t17-/m1/s1. The smallest absolute Gasteiger partial charge is 0.312 e. The molecule has 3 aromatic carbocycles. The average Bonchev–Trinajstić information content (AvgIpc) is 2.78. The Bertz CT molecular complexity index is 1170. The molecule has 1 aliphatic rings. The van der Waals surface area contributed by atoms with E-state index in [0.717, 1.165) is 11.1 Å². The maximum atomic E-state index is 12.1. The maximum absolute atomic E-state index is 12.1. The quantitative estimate of drug-likeness (QED) is 0.304. The van der Waals surface area contributed by atoms with Gasteiger partial charge in [-0.3, -0.25) is 4.79 Å². The topological polar surface area (TPSA) is 105 Å². The highest BCUT2D eigenvalue weighted by Gasteiger charge is 2.30. The third kappa shape index (κ3) is 4.14. The molecule has 166 valence electrons. The molecule has 0 spiro atoms. The molecule has 0 fully saturated rings. The van der Waals surface area contributed by atoms with Crippen LogP contribution in [0.3, 0.4) is 0 Å². The molecule has 0 bridgehead atoms. The van der Waals surface area contributed by atoms with Crippen molar-refractivity contribution < 1.29 is 34.3 Å². The number of phenols is 3. The van der Waals surface area contributed by atoms with E-state index in [4.69, 9.17) is 14.2 Å². The van der Waals surface area contributed by atoms with Crippen molar-refractivity contribution in [2.75, 3.05) is 14.2 Å². The van der Waals surface area contributed by atoms with Gasteiger partial charge in [0.25, 0.3) is 0 Å². The number of ether oxygens (including phenoxy) is 3. The molecule has 0 saturated heterocycles. The molecule has 3 N–H and O–H groups in total. The second-order valence-electron chi connectivity index (χ2n) is 7.69. The number of carbonyl (C=O) groups is 1. The Hall–Kier alpha value is -3.87. The summed E-state index contributed by atoms with van der Waals surface area (Å²) in [6.07, 6.45) is 1.30. The van der Waals surface area contributed by atoms with Crippen LogP contribution in [0, 0.1) is 0 Å². The van der Waals surface area contributed by atoms with E-state index in [-0.39, 0.29) is 29.6 Å². The zero-order valence-corrected chi connectivity index (χ0v) is 17.8. The van der Waals surface area contributed by atoms with Crippen LogP contribution in [-0.4, -0.2) is 35.5 Å². The normalized spacial score (nSPS) is 15.1. The van der Waals surface area contributed by atoms with Crippen molar-refractivity contribution in [3.63, 3.8) is 0 Å². The molecular formula is C25H24O7. The van der Waals surface area contributed by atoms with Crippen LogP contribution >= 0.6 is 0 Å². The molecule has 4 rings (SSSR count). The molecule has 1 atom stereocenters. The summed E-state index contributed by atoms with van der Waals surface area (Å²) in [4.78, 5) is 12.1. The van der Waals surface area contributed by atoms with Gasteiger partial charge in [0.05, 0.1) is 20.6 Å². The largest absolute Gasteiger partial charge is 0.508 e. The monoisotopic (exact) mass is 436 g/mol. The summed E-state index contributed by atoms with van der Waals surface area (Å²) in [5, 5.41) is 30.1. The fourth-order valence-electron chi connectivity index (χ4n) is 4.00. The number of hydrogen-bond acceptors (Lipinski definition) is 7. The first kappa shape index (κ1) is 21.4. The number of esters is 1. The lowest BCUT2D eigenvalue weighted by Crippen LogP contribution is -2.21. The Kier molecular flexibility index (Phi) is 5.81. The molecule has 1 aliphatic heterocycles. The van der Waals surface area contributed by atoms with E-state index in [9.17, 15) is 20.1 Å². The summed E-state index contributed by atoms with van der Waals surface area (Å²) in [7, 11) is 3.17. The average molecular weight is 436 g/mol. The molecule has 0 unspecified atom stereocenters. The van der Waals surface area contributed by atoms with Gasteiger partial charge in [0, 0.05) is 17.5 Å². The van der Waals surface area contributed by atoms with E-state index in [1.165, 1.54) is 18.2 Å². The van der Waals surface area contributed by atoms with E-state index in [2.05, 4.69) is 0 Å². The Morgan fingerprint density at radius 3 is 2.38 bits per heavy atom. The third-order valence-corrected chi connectivity index (χ3v) is 5.71. The zero-order chi connectivity index (χ0) is 22.8. The zero-order valence-electron chi connectivity index (χ0n) is 17.8. The van der Waals surface area contributed by atoms with Crippen molar-refractivity contribution in [2.24, 2.45) is 0 Å². The molecule has 0 saturated carbocycles. The molecule has 1 heterocycles. The van der Waals surface area contributed by atoms with Gasteiger partial charge >= 0.3 is 5.97 Å². The molecule has 32 heavy (non-hydrogen) atoms. The van der Waals surface area contributed by atoms with Crippen LogP contribution in [0.5, 0.6) is 34.5 Å². The van der Waals surface area contributed by atoms with Crippen LogP contribution < -0.4 is 14.2 Å². The maximum Gasteiger partial charge on any atom is 0.312 e. The van der Waals surface area contributed by atoms with Crippen molar-refractivity contribution in [3.8, 4) is 34.5 Å². The van der Waals surface area contributed by atoms with Gasteiger partial charge in [-0.2, -0.15) is 0 Å². The Balaban J connectivity index is 1.64. The first-order valence-corrected chi connectivity index (χ1v) is 10.2. The Morgan fingerprint density at radius 1 is 0.875 bits per heavy atom. The minimum atomic E-state index is -0.424. The summed E-state index contributed by atoms with van der Waals surface area (Å²) in [5.41, 5.74) is 3.15. The van der Waals surface area contributed by atoms with Gasteiger partial charge in [-0.1, -0.05) is 12.1 Å². The summed E-state index contributed by atoms with van der Waals surface area (Å²) in [6.45, 7) is 0. The highest BCUT2D eigenvalue weighted by Crippen LogP contribution is 2.43. The van der Waals surface area contributed by atoms with Crippen molar-refractivity contribution in [1.82, 2.24) is 0 Å². The number of fused-ring (bicyclic) bond motifs is 1. The van der Waals surface area contributed by atoms with Crippen LogP contribution in [0.15, 0.2) is 48.5 Å². The lowest BCUT2D eigenvalue weighted by atomic mass is 9.84. The molecule has 7 heteroatoms. The molecule has 0 aromatic heterocycles. The van der Waals surface area contributed by atoms with E-state index in [1.807, 2.05) is 24.3 Å². The Labute approximate surface area is 185 Å². The SMILES string of the molecule is COc1ccc(CCc2cc3c(cc2O)OC(=O)C[C@@H]3c2ccc(O)c(O)c2)cc1OC. The van der Waals surface area contributed by atoms with E-state index >= 15 is 0 Å². The van der Waals surface area contributed by atoms with Gasteiger partial charge in [0.15, 0.2) is 23.0 Å². The predicted molar refractivity (Wildman–Crippen MR) is 117 cm³/mol. The second kappa shape index (κ2) is 8.70. The van der Waals surface area contributed by atoms with Gasteiger partial charge < -0.3 is 29.5 Å². The van der Waals surface area contributed by atoms with Crippen LogP contribution in [0.4, 0.5) is 0 Å². The summed E-state index contributed by atoms with van der Waals surface area (Å²) < 4.78 is 16.0. The second-order valence-corrected chi connectivity index (χ2v) is 7.69. The summed E-state index contributed by atoms with van der Waals surface area (Å²) in [6, 6.07) is 13.5. The molecule has 0 radical (unpaired) electrons. The summed E-state index contributed by atoms with van der Waals surface area (Å²) >= 11 is 0. The Morgan fingerprint density at radius 2 is 1.66 bits per heavy atom. The van der Waals surface area contributed by atoms with Crippen LogP contribution in [-0.2, 0) is 17.6 Å². The van der Waals surface area contributed by atoms with Crippen molar-refractivity contribution in [3.05, 3.63) is 70.8 Å². The fraction of sp³-hybridized carbons (Fsp3) is 0.240. The van der Waals surface area contributed by atoms with Crippen LogP contribution in [0.2, 0.25) is 0 Å². The number of rotatable bonds is 6. The molecular weight excluding hydrogens is 412 g/mol. The molecule has 0 amide bonds. The highest BCUT2D eigenvalue weighted by atomic mass is 16.5. The van der Waals surface area contributed by atoms with Crippen molar-refractivity contribution >= 4 is 5.97 Å². The third-order valence-electron chi connectivity index (χ3n) is 5.71. The number of benzene rings is 3. The van der Waals surface area contributed by atoms with Crippen LogP contribution in [0.1, 0.15) is 34.6 Å². The lowest BCUT2D eigenvalue weighted by Gasteiger charge is -2.26. The minimum Gasteiger partial charge on any atom is -0.508 e. The first-order valence-electron chi connectivity index (χ1n) is 10.2. The van der Waals surface area contributed by atoms with Gasteiger partial charge in [0.2, 0.25) is 0 Å². The number of aromatic hydroxyl groups is 3. The number of carbonyl (C=O) groups excluding carboxylic acids is 1. The fourth-order valence-corrected chi connectivity index (χ4v) is 4.00. The molecule has 0 aliphatic carbocycles. The lowest BCUT2D eigenvalue weighted by molar-refractivity contribution is -0.135. The number of hydrogen-bond donors (Lipinski definition) is 3. The van der Waals surface area contributed by atoms with E-state index < -0.39 is 5.97 Å². The minimum absolute atomic E-state index is 0.0474. The highest BCUT2D eigenvalue weighted by molar-refractivity contribution is 5.78. The molecule has 7 nitrogen and oxygen atoms in total. The van der Waals surface area contributed by atoms with Crippen LogP contribution in [0.25, 0.3) is 0 Å². The van der Waals surface area contributed by atoms with Crippen molar-refractivity contribution in [2.45, 2.75) is 25.2 Å². The van der Waals surface area contributed by atoms with E-state index in [1.54, 1.807) is 20.3 Å². The van der Waals surface area contributed by atoms with Gasteiger partial charge in [-0.15, -0.1) is 0 Å². The van der Waals surface area contributed by atoms with Gasteiger partial charge in [-0.25, -0.2) is 0 Å². The summed E-state index contributed by atoms with van der Waals surface area (Å²) in [5.74, 6) is 0.362. The number of methoxy groups -OCH3 is 2. The van der Waals surface area contributed by atoms with Gasteiger partial charge in [0.1, 0.15) is 11.5 Å². The number of aryl methyl sites for hydroxylation is 2. The van der Waals surface area contributed by atoms with Gasteiger partial charge in [-0.05, 0) is 59.9 Å². The molecule has 3 aromatic rings. The predicted octanol–water partition coefficient (Wildman–Crippen LogP) is 4.05. The first-order chi connectivity index (χ1) is 15.4.